The molecule has 1 aliphatic heterocycles. The molecule has 39 heavy (non-hydrogen) atoms. The number of carbonyl (C=O) groups excluding carboxylic acids is 2. The van der Waals surface area contributed by atoms with E-state index in [2.05, 4.69) is 46.4 Å². The van der Waals surface area contributed by atoms with Gasteiger partial charge in [0.25, 0.3) is 11.8 Å². The number of rotatable bonds is 9. The highest BCUT2D eigenvalue weighted by Crippen LogP contribution is 2.31. The van der Waals surface area contributed by atoms with Gasteiger partial charge < -0.3 is 20.4 Å². The second kappa shape index (κ2) is 12.3. The van der Waals surface area contributed by atoms with Crippen molar-refractivity contribution in [2.45, 2.75) is 33.0 Å². The molecule has 1 aliphatic rings. The van der Waals surface area contributed by atoms with Crippen LogP contribution in [0.3, 0.4) is 0 Å². The molecule has 0 bridgehead atoms. The number of alkyl halides is 3. The van der Waals surface area contributed by atoms with Crippen molar-refractivity contribution in [3.63, 3.8) is 0 Å². The first-order chi connectivity index (χ1) is 18.7. The van der Waals surface area contributed by atoms with Crippen LogP contribution in [0.1, 0.15) is 51.3 Å². The van der Waals surface area contributed by atoms with Crippen molar-refractivity contribution in [1.82, 2.24) is 10.2 Å². The summed E-state index contributed by atoms with van der Waals surface area (Å²) in [6.45, 7) is 8.51. The van der Waals surface area contributed by atoms with E-state index >= 15 is 0 Å². The highest BCUT2D eigenvalue weighted by molar-refractivity contribution is 6.06. The van der Waals surface area contributed by atoms with Gasteiger partial charge in [-0.25, -0.2) is 0 Å². The zero-order valence-corrected chi connectivity index (χ0v) is 22.1. The lowest BCUT2D eigenvalue weighted by Crippen LogP contribution is -2.36. The van der Waals surface area contributed by atoms with Gasteiger partial charge in [0.05, 0.1) is 11.1 Å². The van der Waals surface area contributed by atoms with E-state index in [0.717, 1.165) is 62.6 Å². The Morgan fingerprint density at radius 3 is 2.28 bits per heavy atom. The number of carbonyl (C=O) groups is 2. The summed E-state index contributed by atoms with van der Waals surface area (Å²) in [5, 5.41) is 5.73. The fourth-order valence-corrected chi connectivity index (χ4v) is 4.75. The molecule has 4 rings (SSSR count). The Kier molecular flexibility index (Phi) is 8.91. The standard InChI is InChI=1S/C30H33F3N4O2/c1-3-36(4-2)18-16-34-29(39)26-19-25(35-28(38)22-9-11-24(12-10-22)30(31,32)33)13-14-27(26)37-17-15-21-7-5-6-8-23(21)20-37/h5-14,19H,3-4,15-18,20H2,1-2H3,(H,34,39)(H,35,38). The number of halogens is 3. The maximum absolute atomic E-state index is 13.4. The van der Waals surface area contributed by atoms with Gasteiger partial charge in [-0.05, 0) is 73.1 Å². The third kappa shape index (κ3) is 6.97. The van der Waals surface area contributed by atoms with E-state index in [9.17, 15) is 22.8 Å². The molecule has 0 fully saturated rings. The smallest absolute Gasteiger partial charge is 0.366 e. The molecule has 3 aromatic carbocycles. The quantitative estimate of drug-likeness (QED) is 0.373. The number of anilines is 2. The summed E-state index contributed by atoms with van der Waals surface area (Å²) >= 11 is 0. The molecule has 0 aromatic heterocycles. The maximum Gasteiger partial charge on any atom is 0.416 e. The Bertz CT molecular complexity index is 1300. The number of nitrogens with zero attached hydrogens (tertiary/aromatic N) is 2. The minimum atomic E-state index is -4.48. The van der Waals surface area contributed by atoms with Crippen LogP contribution in [-0.4, -0.2) is 49.4 Å². The van der Waals surface area contributed by atoms with Crippen molar-refractivity contribution in [3.05, 3.63) is 94.5 Å². The molecule has 0 saturated heterocycles. The fraction of sp³-hybridized carbons (Fsp3) is 0.333. The third-order valence-electron chi connectivity index (χ3n) is 7.05. The second-order valence-electron chi connectivity index (χ2n) is 9.48. The Balaban J connectivity index is 1.56. The molecule has 0 atom stereocenters. The first-order valence-electron chi connectivity index (χ1n) is 13.1. The van der Waals surface area contributed by atoms with E-state index < -0.39 is 17.6 Å². The number of fused-ring (bicyclic) bond motifs is 1. The monoisotopic (exact) mass is 538 g/mol. The van der Waals surface area contributed by atoms with Crippen molar-refractivity contribution >= 4 is 23.2 Å². The van der Waals surface area contributed by atoms with Gasteiger partial charge in [-0.1, -0.05) is 38.1 Å². The Morgan fingerprint density at radius 2 is 1.62 bits per heavy atom. The van der Waals surface area contributed by atoms with Gasteiger partial charge in [-0.2, -0.15) is 13.2 Å². The summed E-state index contributed by atoms with van der Waals surface area (Å²) in [5.41, 5.74) is 3.34. The number of hydrogen-bond donors (Lipinski definition) is 2. The highest BCUT2D eigenvalue weighted by atomic mass is 19.4. The molecule has 9 heteroatoms. The summed E-state index contributed by atoms with van der Waals surface area (Å²) in [7, 11) is 0. The van der Waals surface area contributed by atoms with Crippen LogP contribution < -0.4 is 15.5 Å². The normalized spacial score (nSPS) is 13.2. The van der Waals surface area contributed by atoms with Gasteiger partial charge in [0, 0.05) is 43.1 Å². The van der Waals surface area contributed by atoms with E-state index in [1.54, 1.807) is 12.1 Å². The van der Waals surface area contributed by atoms with Crippen LogP contribution in [0.15, 0.2) is 66.7 Å². The van der Waals surface area contributed by atoms with Crippen LogP contribution in [0.5, 0.6) is 0 Å². The second-order valence-corrected chi connectivity index (χ2v) is 9.48. The lowest BCUT2D eigenvalue weighted by Gasteiger charge is -2.32. The van der Waals surface area contributed by atoms with Crippen molar-refractivity contribution in [2.75, 3.05) is 42.9 Å². The number of benzene rings is 3. The van der Waals surface area contributed by atoms with E-state index in [1.807, 2.05) is 18.2 Å². The van der Waals surface area contributed by atoms with Crippen molar-refractivity contribution in [2.24, 2.45) is 0 Å². The minimum Gasteiger partial charge on any atom is -0.366 e. The minimum absolute atomic E-state index is 0.0879. The summed E-state index contributed by atoms with van der Waals surface area (Å²) in [4.78, 5) is 30.5. The SMILES string of the molecule is CCN(CC)CCNC(=O)c1cc(NC(=O)c2ccc(C(F)(F)F)cc2)ccc1N1CCc2ccccc2C1. The molecule has 206 valence electrons. The molecule has 2 N–H and O–H groups in total. The van der Waals surface area contributed by atoms with Gasteiger partial charge in [-0.15, -0.1) is 0 Å². The van der Waals surface area contributed by atoms with Crippen molar-refractivity contribution < 1.29 is 22.8 Å². The topological polar surface area (TPSA) is 64.7 Å². The molecule has 0 radical (unpaired) electrons. The number of likely N-dealkylation sites (N-methyl/N-ethyl adjacent to an activating group) is 1. The summed E-state index contributed by atoms with van der Waals surface area (Å²) in [6, 6.07) is 17.4. The molecule has 0 unspecified atom stereocenters. The predicted octanol–water partition coefficient (Wildman–Crippen LogP) is 5.59. The van der Waals surface area contributed by atoms with Crippen LogP contribution in [0.4, 0.5) is 24.5 Å². The molecule has 0 saturated carbocycles. The third-order valence-corrected chi connectivity index (χ3v) is 7.05. The molecule has 2 amide bonds. The van der Waals surface area contributed by atoms with Gasteiger partial charge in [0.2, 0.25) is 0 Å². The molecule has 3 aromatic rings. The van der Waals surface area contributed by atoms with Crippen LogP contribution in [0.25, 0.3) is 0 Å². The first-order valence-corrected chi connectivity index (χ1v) is 13.1. The van der Waals surface area contributed by atoms with E-state index in [0.29, 0.717) is 24.3 Å². The van der Waals surface area contributed by atoms with Gasteiger partial charge in [0.1, 0.15) is 0 Å². The molecule has 1 heterocycles. The van der Waals surface area contributed by atoms with Crippen molar-refractivity contribution in [1.29, 1.82) is 0 Å². The maximum atomic E-state index is 13.4. The van der Waals surface area contributed by atoms with Gasteiger partial charge in [-0.3, -0.25) is 9.59 Å². The van der Waals surface area contributed by atoms with Crippen molar-refractivity contribution in [3.8, 4) is 0 Å². The number of hydrogen-bond acceptors (Lipinski definition) is 4. The lowest BCUT2D eigenvalue weighted by molar-refractivity contribution is -0.137. The summed E-state index contributed by atoms with van der Waals surface area (Å²) in [5.74, 6) is -0.807. The number of amides is 2. The van der Waals surface area contributed by atoms with Crippen LogP contribution in [-0.2, 0) is 19.1 Å². The zero-order valence-electron chi connectivity index (χ0n) is 22.1. The zero-order chi connectivity index (χ0) is 28.0. The van der Waals surface area contributed by atoms with Gasteiger partial charge in [0.15, 0.2) is 0 Å². The Hall–Kier alpha value is -3.85. The summed E-state index contributed by atoms with van der Waals surface area (Å²) in [6.07, 6.45) is -3.63. The Labute approximate surface area is 226 Å². The average Bonchev–Trinajstić information content (AvgIpc) is 2.94. The predicted molar refractivity (Wildman–Crippen MR) is 147 cm³/mol. The van der Waals surface area contributed by atoms with Crippen LogP contribution in [0, 0.1) is 0 Å². The largest absolute Gasteiger partial charge is 0.416 e. The fourth-order valence-electron chi connectivity index (χ4n) is 4.75. The molecular formula is C30H33F3N4O2. The van der Waals surface area contributed by atoms with Crippen LogP contribution in [0.2, 0.25) is 0 Å². The molecule has 6 nitrogen and oxygen atoms in total. The van der Waals surface area contributed by atoms with E-state index in [1.165, 1.54) is 11.1 Å². The first kappa shape index (κ1) is 28.2. The van der Waals surface area contributed by atoms with E-state index in [4.69, 9.17) is 0 Å². The molecule has 0 spiro atoms. The number of nitrogens with one attached hydrogen (secondary N) is 2. The van der Waals surface area contributed by atoms with E-state index in [-0.39, 0.29) is 11.5 Å². The highest BCUT2D eigenvalue weighted by Gasteiger charge is 2.30. The summed E-state index contributed by atoms with van der Waals surface area (Å²) < 4.78 is 38.7. The Morgan fingerprint density at radius 1 is 0.923 bits per heavy atom. The lowest BCUT2D eigenvalue weighted by atomic mass is 9.98. The van der Waals surface area contributed by atoms with Crippen LogP contribution >= 0.6 is 0 Å². The van der Waals surface area contributed by atoms with Gasteiger partial charge >= 0.3 is 6.18 Å². The average molecular weight is 539 g/mol. The molecular weight excluding hydrogens is 505 g/mol. The molecule has 0 aliphatic carbocycles.